The Bertz CT molecular complexity index is 734. The smallest absolute Gasteiger partial charge is 0.407 e. The zero-order chi connectivity index (χ0) is 23.8. The normalized spacial score (nSPS) is 20.3. The lowest BCUT2D eigenvalue weighted by Crippen LogP contribution is -2.53. The molecular weight excluding hydrogens is 426 g/mol. The number of benzene rings is 1. The third kappa shape index (κ3) is 7.90. The van der Waals surface area contributed by atoms with Crippen molar-refractivity contribution in [2.75, 3.05) is 13.2 Å². The summed E-state index contributed by atoms with van der Waals surface area (Å²) in [5, 5.41) is 2.97. The van der Waals surface area contributed by atoms with Gasteiger partial charge in [-0.05, 0) is 49.9 Å². The maximum absolute atomic E-state index is 12.6. The van der Waals surface area contributed by atoms with Crippen LogP contribution in [0.25, 0.3) is 0 Å². The Balaban J connectivity index is 2.06. The summed E-state index contributed by atoms with van der Waals surface area (Å²) < 4.78 is 23.0. The quantitative estimate of drug-likeness (QED) is 0.416. The number of amides is 1. The zero-order valence-corrected chi connectivity index (χ0v) is 21.3. The lowest BCUT2D eigenvalue weighted by Gasteiger charge is -2.39. The second-order valence-electron chi connectivity index (χ2n) is 9.73. The van der Waals surface area contributed by atoms with Crippen LogP contribution in [0.15, 0.2) is 30.3 Å². The van der Waals surface area contributed by atoms with Crippen molar-refractivity contribution in [3.63, 3.8) is 0 Å². The number of hydrogen-bond donors (Lipinski definition) is 1. The van der Waals surface area contributed by atoms with E-state index >= 15 is 0 Å². The SMILES string of the molecule is CCOC(=O)[C@@H]1CCC[C@H]([C@H](CO[Si](C)(C)C(C)(C)C)NC(=O)OCc2ccccc2)O1. The zero-order valence-electron chi connectivity index (χ0n) is 20.3. The molecule has 1 heterocycles. The van der Waals surface area contributed by atoms with Gasteiger partial charge in [-0.15, -0.1) is 0 Å². The Morgan fingerprint density at radius 1 is 1.16 bits per heavy atom. The molecule has 3 atom stereocenters. The van der Waals surface area contributed by atoms with Gasteiger partial charge in [-0.1, -0.05) is 51.1 Å². The van der Waals surface area contributed by atoms with Gasteiger partial charge in [-0.25, -0.2) is 9.59 Å². The topological polar surface area (TPSA) is 83.1 Å². The summed E-state index contributed by atoms with van der Waals surface area (Å²) in [7, 11) is -2.04. The molecule has 0 aliphatic carbocycles. The summed E-state index contributed by atoms with van der Waals surface area (Å²) >= 11 is 0. The van der Waals surface area contributed by atoms with Crippen LogP contribution in [0.2, 0.25) is 18.1 Å². The molecule has 180 valence electrons. The number of hydrogen-bond acceptors (Lipinski definition) is 6. The van der Waals surface area contributed by atoms with E-state index in [-0.39, 0.29) is 23.7 Å². The summed E-state index contributed by atoms with van der Waals surface area (Å²) in [5.41, 5.74) is 0.910. The van der Waals surface area contributed by atoms with Gasteiger partial charge in [-0.3, -0.25) is 0 Å². The van der Waals surface area contributed by atoms with E-state index in [0.29, 0.717) is 19.6 Å². The summed E-state index contributed by atoms with van der Waals surface area (Å²) in [6.07, 6.45) is 0.646. The van der Waals surface area contributed by atoms with Crippen LogP contribution in [0.4, 0.5) is 4.79 Å². The molecule has 0 spiro atoms. The van der Waals surface area contributed by atoms with E-state index in [2.05, 4.69) is 39.2 Å². The number of rotatable bonds is 9. The molecule has 1 saturated heterocycles. The van der Waals surface area contributed by atoms with Crippen molar-refractivity contribution in [1.29, 1.82) is 0 Å². The Morgan fingerprint density at radius 3 is 2.47 bits per heavy atom. The Morgan fingerprint density at radius 2 is 1.84 bits per heavy atom. The molecule has 1 aromatic carbocycles. The standard InChI is InChI=1S/C24H39NO6Si/c1-7-28-22(26)21-15-11-14-20(31-21)19(17-30-32(5,6)24(2,3)4)25-23(27)29-16-18-12-9-8-10-13-18/h8-10,12-13,19-21H,7,11,14-17H2,1-6H3,(H,25,27)/t19-,20+,21-/m0/s1. The van der Waals surface area contributed by atoms with E-state index in [1.807, 2.05) is 30.3 Å². The summed E-state index contributed by atoms with van der Waals surface area (Å²) in [6, 6.07) is 9.09. The molecular formula is C24H39NO6Si. The lowest BCUT2D eigenvalue weighted by atomic mass is 9.99. The third-order valence-corrected chi connectivity index (χ3v) is 10.7. The van der Waals surface area contributed by atoms with Crippen molar-refractivity contribution in [2.24, 2.45) is 0 Å². The molecule has 1 aliphatic rings. The highest BCUT2D eigenvalue weighted by atomic mass is 28.4. The minimum absolute atomic E-state index is 0.0340. The second-order valence-corrected chi connectivity index (χ2v) is 14.5. The van der Waals surface area contributed by atoms with Gasteiger partial charge in [0.15, 0.2) is 14.4 Å². The van der Waals surface area contributed by atoms with Gasteiger partial charge in [0.1, 0.15) is 6.61 Å². The predicted octanol–water partition coefficient (Wildman–Crippen LogP) is 4.80. The molecule has 0 saturated carbocycles. The minimum atomic E-state index is -2.04. The predicted molar refractivity (Wildman–Crippen MR) is 126 cm³/mol. The fraction of sp³-hybridized carbons (Fsp3) is 0.667. The average Bonchev–Trinajstić information content (AvgIpc) is 2.75. The molecule has 8 heteroatoms. The molecule has 7 nitrogen and oxygen atoms in total. The van der Waals surface area contributed by atoms with Gasteiger partial charge >= 0.3 is 12.1 Å². The van der Waals surface area contributed by atoms with Crippen LogP contribution in [-0.4, -0.2) is 51.8 Å². The molecule has 1 aromatic rings. The second kappa shape index (κ2) is 11.8. The highest BCUT2D eigenvalue weighted by Crippen LogP contribution is 2.37. The van der Waals surface area contributed by atoms with Crippen molar-refractivity contribution < 1.29 is 28.2 Å². The molecule has 1 amide bonds. The first kappa shape index (κ1) is 26.4. The molecule has 1 aliphatic heterocycles. The van der Waals surface area contributed by atoms with Crippen LogP contribution in [0.3, 0.4) is 0 Å². The minimum Gasteiger partial charge on any atom is -0.464 e. The number of carbonyl (C=O) groups is 2. The van der Waals surface area contributed by atoms with Crippen LogP contribution in [-0.2, 0) is 30.0 Å². The molecule has 32 heavy (non-hydrogen) atoms. The number of nitrogens with one attached hydrogen (secondary N) is 1. The van der Waals surface area contributed by atoms with Crippen molar-refractivity contribution in [2.45, 2.75) is 89.9 Å². The Labute approximate surface area is 193 Å². The van der Waals surface area contributed by atoms with Crippen LogP contribution < -0.4 is 5.32 Å². The monoisotopic (exact) mass is 465 g/mol. The van der Waals surface area contributed by atoms with E-state index in [0.717, 1.165) is 18.4 Å². The highest BCUT2D eigenvalue weighted by molar-refractivity contribution is 6.74. The first-order valence-corrected chi connectivity index (χ1v) is 14.4. The van der Waals surface area contributed by atoms with Crippen molar-refractivity contribution in [3.8, 4) is 0 Å². The molecule has 1 N–H and O–H groups in total. The number of esters is 1. The highest BCUT2D eigenvalue weighted by Gasteiger charge is 2.40. The fourth-order valence-corrected chi connectivity index (χ4v) is 4.26. The Kier molecular flexibility index (Phi) is 9.73. The van der Waals surface area contributed by atoms with Crippen molar-refractivity contribution in [3.05, 3.63) is 35.9 Å². The summed E-state index contributed by atoms with van der Waals surface area (Å²) in [4.78, 5) is 24.8. The van der Waals surface area contributed by atoms with Crippen molar-refractivity contribution in [1.82, 2.24) is 5.32 Å². The largest absolute Gasteiger partial charge is 0.464 e. The first-order chi connectivity index (χ1) is 15.0. The van der Waals surface area contributed by atoms with Gasteiger partial charge < -0.3 is 24.0 Å². The van der Waals surface area contributed by atoms with Crippen molar-refractivity contribution >= 4 is 20.4 Å². The lowest BCUT2D eigenvalue weighted by molar-refractivity contribution is -0.167. The van der Waals surface area contributed by atoms with Gasteiger partial charge in [0.25, 0.3) is 0 Å². The van der Waals surface area contributed by atoms with Gasteiger partial charge in [-0.2, -0.15) is 0 Å². The molecule has 0 unspecified atom stereocenters. The average molecular weight is 466 g/mol. The van der Waals surface area contributed by atoms with E-state index < -0.39 is 26.6 Å². The van der Waals surface area contributed by atoms with Gasteiger partial charge in [0, 0.05) is 0 Å². The van der Waals surface area contributed by atoms with E-state index in [4.69, 9.17) is 18.6 Å². The van der Waals surface area contributed by atoms with E-state index in [9.17, 15) is 9.59 Å². The molecule has 0 aromatic heterocycles. The molecule has 1 fully saturated rings. The number of alkyl carbamates (subject to hydrolysis) is 1. The van der Waals surface area contributed by atoms with E-state index in [1.54, 1.807) is 6.92 Å². The molecule has 0 bridgehead atoms. The van der Waals surface area contributed by atoms with Crippen LogP contribution >= 0.6 is 0 Å². The van der Waals surface area contributed by atoms with E-state index in [1.165, 1.54) is 0 Å². The van der Waals surface area contributed by atoms with Crippen LogP contribution in [0.1, 0.15) is 52.5 Å². The number of ether oxygens (including phenoxy) is 3. The Hall–Kier alpha value is -1.90. The van der Waals surface area contributed by atoms with Crippen LogP contribution in [0, 0.1) is 0 Å². The maximum atomic E-state index is 12.6. The van der Waals surface area contributed by atoms with Gasteiger partial charge in [0.2, 0.25) is 0 Å². The summed E-state index contributed by atoms with van der Waals surface area (Å²) in [5.74, 6) is -0.354. The van der Waals surface area contributed by atoms with Crippen LogP contribution in [0.5, 0.6) is 0 Å². The van der Waals surface area contributed by atoms with Gasteiger partial charge in [0.05, 0.1) is 25.4 Å². The first-order valence-electron chi connectivity index (χ1n) is 11.5. The number of carbonyl (C=O) groups excluding carboxylic acids is 2. The fourth-order valence-electron chi connectivity index (χ4n) is 3.23. The maximum Gasteiger partial charge on any atom is 0.407 e. The molecule has 2 rings (SSSR count). The summed E-state index contributed by atoms with van der Waals surface area (Å²) in [6.45, 7) is 13.4. The third-order valence-electron chi connectivity index (χ3n) is 6.24. The molecule has 0 radical (unpaired) electrons.